The summed E-state index contributed by atoms with van der Waals surface area (Å²) in [5.41, 5.74) is 1.93. The van der Waals surface area contributed by atoms with Gasteiger partial charge in [-0.1, -0.05) is 36.7 Å². The number of amides is 1. The van der Waals surface area contributed by atoms with Crippen LogP contribution in [-0.4, -0.2) is 46.3 Å². The molecule has 2 aromatic rings. The standard InChI is InChI=1S/C20H27ClN4O/c1-14-9-11-24(12-10-14)15(2)13-22-20(26)18-16(3)23-25(19(18)21)17-7-5-4-6-8-17/h4-8,14-15H,9-13H2,1-3H3,(H,22,26). The van der Waals surface area contributed by atoms with Crippen LogP contribution in [0.1, 0.15) is 42.7 Å². The SMILES string of the molecule is Cc1nn(-c2ccccc2)c(Cl)c1C(=O)NCC(C)N1CCC(C)CC1. The molecule has 6 heteroatoms. The minimum Gasteiger partial charge on any atom is -0.350 e. The van der Waals surface area contributed by atoms with E-state index in [9.17, 15) is 4.79 Å². The molecule has 1 atom stereocenters. The Labute approximate surface area is 160 Å². The Bertz CT molecular complexity index is 751. The normalized spacial score (nSPS) is 17.2. The monoisotopic (exact) mass is 374 g/mol. The summed E-state index contributed by atoms with van der Waals surface area (Å²) < 4.78 is 1.61. The summed E-state index contributed by atoms with van der Waals surface area (Å²) >= 11 is 6.47. The number of piperidine rings is 1. The third kappa shape index (κ3) is 4.10. The van der Waals surface area contributed by atoms with Crippen molar-refractivity contribution < 1.29 is 4.79 Å². The summed E-state index contributed by atoms with van der Waals surface area (Å²) in [4.78, 5) is 15.1. The second kappa shape index (κ2) is 8.23. The highest BCUT2D eigenvalue weighted by molar-refractivity contribution is 6.33. The molecule has 26 heavy (non-hydrogen) atoms. The minimum atomic E-state index is -0.160. The molecule has 1 aromatic heterocycles. The third-order valence-electron chi connectivity index (χ3n) is 5.23. The quantitative estimate of drug-likeness (QED) is 0.868. The van der Waals surface area contributed by atoms with Gasteiger partial charge in [0.1, 0.15) is 5.15 Å². The molecule has 0 saturated carbocycles. The third-order valence-corrected chi connectivity index (χ3v) is 5.58. The van der Waals surface area contributed by atoms with E-state index in [-0.39, 0.29) is 5.91 Å². The number of hydrogen-bond acceptors (Lipinski definition) is 3. The molecule has 3 rings (SSSR count). The van der Waals surface area contributed by atoms with Gasteiger partial charge < -0.3 is 5.32 Å². The smallest absolute Gasteiger partial charge is 0.256 e. The average molecular weight is 375 g/mol. The summed E-state index contributed by atoms with van der Waals surface area (Å²) in [6.45, 7) is 9.10. The predicted molar refractivity (Wildman–Crippen MR) is 105 cm³/mol. The van der Waals surface area contributed by atoms with Crippen molar-refractivity contribution >= 4 is 17.5 Å². The molecule has 1 unspecified atom stereocenters. The molecule has 1 aromatic carbocycles. The fraction of sp³-hybridized carbons (Fsp3) is 0.500. The van der Waals surface area contributed by atoms with Gasteiger partial charge in [0.2, 0.25) is 0 Å². The van der Waals surface area contributed by atoms with E-state index in [1.807, 2.05) is 37.3 Å². The zero-order valence-corrected chi connectivity index (χ0v) is 16.5. The first-order valence-corrected chi connectivity index (χ1v) is 9.68. The number of benzene rings is 1. The molecule has 1 amide bonds. The van der Waals surface area contributed by atoms with E-state index in [0.29, 0.717) is 29.0 Å². The van der Waals surface area contributed by atoms with Gasteiger partial charge in [-0.3, -0.25) is 9.69 Å². The van der Waals surface area contributed by atoms with Gasteiger partial charge in [-0.2, -0.15) is 5.10 Å². The van der Waals surface area contributed by atoms with Crippen LogP contribution >= 0.6 is 11.6 Å². The Hall–Kier alpha value is -1.85. The summed E-state index contributed by atoms with van der Waals surface area (Å²) in [6, 6.07) is 9.92. The van der Waals surface area contributed by atoms with Gasteiger partial charge in [0.25, 0.3) is 5.91 Å². The molecule has 1 N–H and O–H groups in total. The molecule has 2 heterocycles. The first kappa shape index (κ1) is 18.9. The van der Waals surface area contributed by atoms with Gasteiger partial charge in [0.15, 0.2) is 0 Å². The van der Waals surface area contributed by atoms with E-state index in [2.05, 4.69) is 29.2 Å². The number of carbonyl (C=O) groups excluding carboxylic acids is 1. The minimum absolute atomic E-state index is 0.160. The predicted octanol–water partition coefficient (Wildman–Crippen LogP) is 3.68. The van der Waals surface area contributed by atoms with Crippen molar-refractivity contribution in [3.63, 3.8) is 0 Å². The lowest BCUT2D eigenvalue weighted by atomic mass is 9.98. The van der Waals surface area contributed by atoms with Crippen LogP contribution in [0.15, 0.2) is 30.3 Å². The summed E-state index contributed by atoms with van der Waals surface area (Å²) in [5, 5.41) is 7.83. The van der Waals surface area contributed by atoms with Gasteiger partial charge in [0, 0.05) is 12.6 Å². The van der Waals surface area contributed by atoms with Crippen molar-refractivity contribution in [3.05, 3.63) is 46.7 Å². The number of nitrogens with zero attached hydrogens (tertiary/aromatic N) is 3. The van der Waals surface area contributed by atoms with Crippen molar-refractivity contribution in [2.75, 3.05) is 19.6 Å². The number of hydrogen-bond donors (Lipinski definition) is 1. The lowest BCUT2D eigenvalue weighted by Gasteiger charge is -2.35. The van der Waals surface area contributed by atoms with Crippen LogP contribution in [0.3, 0.4) is 0 Å². The van der Waals surface area contributed by atoms with E-state index in [1.165, 1.54) is 12.8 Å². The number of nitrogens with one attached hydrogen (secondary N) is 1. The molecule has 0 radical (unpaired) electrons. The fourth-order valence-electron chi connectivity index (χ4n) is 3.42. The molecule has 0 spiro atoms. The van der Waals surface area contributed by atoms with Crippen molar-refractivity contribution in [2.24, 2.45) is 5.92 Å². The van der Waals surface area contributed by atoms with Gasteiger partial charge in [-0.15, -0.1) is 0 Å². The van der Waals surface area contributed by atoms with E-state index in [1.54, 1.807) is 4.68 Å². The topological polar surface area (TPSA) is 50.2 Å². The number of aromatic nitrogens is 2. The maximum atomic E-state index is 12.7. The van der Waals surface area contributed by atoms with Gasteiger partial charge in [-0.05, 0) is 57.8 Å². The van der Waals surface area contributed by atoms with Crippen LogP contribution in [0.25, 0.3) is 5.69 Å². The molecular formula is C20H27ClN4O. The molecule has 1 aliphatic rings. The highest BCUT2D eigenvalue weighted by atomic mass is 35.5. The summed E-state index contributed by atoms with van der Waals surface area (Å²) in [5.74, 6) is 0.644. The highest BCUT2D eigenvalue weighted by Gasteiger charge is 2.24. The van der Waals surface area contributed by atoms with Crippen LogP contribution < -0.4 is 5.32 Å². The number of para-hydroxylation sites is 1. The first-order valence-electron chi connectivity index (χ1n) is 9.30. The van der Waals surface area contributed by atoms with Crippen LogP contribution in [0.4, 0.5) is 0 Å². The molecule has 0 bridgehead atoms. The van der Waals surface area contributed by atoms with E-state index >= 15 is 0 Å². The number of likely N-dealkylation sites (tertiary alicyclic amines) is 1. The van der Waals surface area contributed by atoms with Gasteiger partial charge in [0.05, 0.1) is 16.9 Å². The van der Waals surface area contributed by atoms with Gasteiger partial charge >= 0.3 is 0 Å². The van der Waals surface area contributed by atoms with E-state index in [4.69, 9.17) is 11.6 Å². The summed E-state index contributed by atoms with van der Waals surface area (Å²) in [6.07, 6.45) is 2.46. The first-order chi connectivity index (χ1) is 12.5. The molecule has 1 aliphatic heterocycles. The van der Waals surface area contributed by atoms with Crippen LogP contribution in [0, 0.1) is 12.8 Å². The van der Waals surface area contributed by atoms with Crippen molar-refractivity contribution in [3.8, 4) is 5.69 Å². The zero-order valence-electron chi connectivity index (χ0n) is 15.7. The largest absolute Gasteiger partial charge is 0.350 e. The van der Waals surface area contributed by atoms with E-state index < -0.39 is 0 Å². The Balaban J connectivity index is 1.66. The Morgan fingerprint density at radius 1 is 1.31 bits per heavy atom. The fourth-order valence-corrected chi connectivity index (χ4v) is 3.78. The van der Waals surface area contributed by atoms with Crippen molar-refractivity contribution in [1.29, 1.82) is 0 Å². The van der Waals surface area contributed by atoms with Crippen LogP contribution in [0.5, 0.6) is 0 Å². The Morgan fingerprint density at radius 2 is 1.96 bits per heavy atom. The lowest BCUT2D eigenvalue weighted by Crippen LogP contribution is -2.45. The molecule has 1 fully saturated rings. The number of halogens is 1. The average Bonchev–Trinajstić information content (AvgIpc) is 2.95. The highest BCUT2D eigenvalue weighted by Crippen LogP contribution is 2.23. The Kier molecular flexibility index (Phi) is 5.99. The van der Waals surface area contributed by atoms with Gasteiger partial charge in [-0.25, -0.2) is 4.68 Å². The number of rotatable bonds is 5. The maximum absolute atomic E-state index is 12.7. The maximum Gasteiger partial charge on any atom is 0.256 e. The second-order valence-electron chi connectivity index (χ2n) is 7.28. The summed E-state index contributed by atoms with van der Waals surface area (Å²) in [7, 11) is 0. The lowest BCUT2D eigenvalue weighted by molar-refractivity contribution is 0.0921. The van der Waals surface area contributed by atoms with Crippen molar-refractivity contribution in [2.45, 2.75) is 39.7 Å². The van der Waals surface area contributed by atoms with Crippen molar-refractivity contribution in [1.82, 2.24) is 20.0 Å². The van der Waals surface area contributed by atoms with Crippen LogP contribution in [-0.2, 0) is 0 Å². The molecular weight excluding hydrogens is 348 g/mol. The molecule has 5 nitrogen and oxygen atoms in total. The number of carbonyl (C=O) groups is 1. The molecule has 140 valence electrons. The Morgan fingerprint density at radius 3 is 2.62 bits per heavy atom. The van der Waals surface area contributed by atoms with Crippen LogP contribution in [0.2, 0.25) is 5.15 Å². The number of aryl methyl sites for hydroxylation is 1. The second-order valence-corrected chi connectivity index (χ2v) is 7.63. The molecule has 1 saturated heterocycles. The molecule has 0 aliphatic carbocycles. The zero-order chi connectivity index (χ0) is 18.7. The van der Waals surface area contributed by atoms with E-state index in [0.717, 1.165) is 24.7 Å².